The van der Waals surface area contributed by atoms with Gasteiger partial charge in [0.1, 0.15) is 0 Å². The monoisotopic (exact) mass is 1140 g/mol. The third kappa shape index (κ3) is 67.6. The molecule has 81 heavy (non-hydrogen) atoms. The lowest BCUT2D eigenvalue weighted by Gasteiger charge is -2.20. The van der Waals surface area contributed by atoms with Crippen LogP contribution in [0.4, 0.5) is 0 Å². The fourth-order valence-electron chi connectivity index (χ4n) is 12.1. The molecule has 6 nitrogen and oxygen atoms in total. The molecule has 0 aromatic rings. The van der Waals surface area contributed by atoms with E-state index in [0.29, 0.717) is 19.4 Å². The Balaban J connectivity index is 3.33. The number of nitrogens with one attached hydrogen (secondary N) is 1. The average Bonchev–Trinajstić information content (AvgIpc) is 3.47. The van der Waals surface area contributed by atoms with Gasteiger partial charge in [-0.05, 0) is 32.1 Å². The number of carbonyl (C=O) groups is 2. The molecule has 0 spiro atoms. The zero-order valence-electron chi connectivity index (χ0n) is 55.3. The van der Waals surface area contributed by atoms with Crippen molar-refractivity contribution in [2.75, 3.05) is 13.2 Å². The lowest BCUT2D eigenvalue weighted by molar-refractivity contribution is -0.143. The molecule has 2 unspecified atom stereocenters. The average molecular weight is 1140 g/mol. The normalized spacial score (nSPS) is 12.5. The minimum Gasteiger partial charge on any atom is -0.466 e. The molecule has 2 atom stereocenters. The fraction of sp³-hybridized carbons (Fsp3) is 0.947. The molecule has 0 aliphatic heterocycles. The number of esters is 1. The van der Waals surface area contributed by atoms with Gasteiger partial charge in [0.2, 0.25) is 5.91 Å². The van der Waals surface area contributed by atoms with Crippen LogP contribution in [0.5, 0.6) is 0 Å². The minimum absolute atomic E-state index is 0.0249. The first-order chi connectivity index (χ1) is 40.0. The van der Waals surface area contributed by atoms with E-state index in [1.165, 1.54) is 366 Å². The summed E-state index contributed by atoms with van der Waals surface area (Å²) >= 11 is 0. The number of hydrogen-bond acceptors (Lipinski definition) is 5. The van der Waals surface area contributed by atoms with Crippen LogP contribution in [0.2, 0.25) is 0 Å². The Hall–Kier alpha value is -1.40. The summed E-state index contributed by atoms with van der Waals surface area (Å²) in [5.41, 5.74) is 0. The number of aliphatic hydroxyl groups is 2. The number of carbonyl (C=O) groups excluding carboxylic acids is 2. The van der Waals surface area contributed by atoms with E-state index in [-0.39, 0.29) is 18.5 Å². The molecule has 482 valence electrons. The quantitative estimate of drug-likeness (QED) is 0.0320. The maximum atomic E-state index is 12.5. The summed E-state index contributed by atoms with van der Waals surface area (Å²) in [5.74, 6) is -0.0353. The molecule has 6 heteroatoms. The van der Waals surface area contributed by atoms with E-state index < -0.39 is 12.1 Å². The van der Waals surface area contributed by atoms with Crippen molar-refractivity contribution in [3.05, 3.63) is 12.2 Å². The summed E-state index contributed by atoms with van der Waals surface area (Å²) in [4.78, 5) is 24.6. The van der Waals surface area contributed by atoms with Crippen LogP contribution in [0, 0.1) is 0 Å². The van der Waals surface area contributed by atoms with Crippen molar-refractivity contribution < 1.29 is 24.5 Å². The summed E-state index contributed by atoms with van der Waals surface area (Å²) in [6.45, 7) is 4.96. The topological polar surface area (TPSA) is 95.9 Å². The first-order valence-corrected chi connectivity index (χ1v) is 37.5. The number of allylic oxidation sites excluding steroid dienone is 1. The standard InChI is InChI=1S/C75H147NO5/c1-3-5-7-9-11-13-15-17-19-35-39-43-47-51-55-59-63-67-73(78)72(71-77)76-74(79)68-64-60-56-52-48-44-40-37-33-31-29-27-25-23-21-22-24-26-28-30-32-34-38-42-46-50-54-58-62-66-70-81-75(80)69-65-61-57-53-49-45-41-36-20-18-16-14-12-10-8-6-4-2/h63,67,72-73,77-78H,3-62,64-66,68-71H2,1-2H3,(H,76,79)/b67-63+. The highest BCUT2D eigenvalue weighted by Crippen LogP contribution is 2.20. The zero-order chi connectivity index (χ0) is 58.5. The molecule has 0 radical (unpaired) electrons. The van der Waals surface area contributed by atoms with Crippen molar-refractivity contribution >= 4 is 11.9 Å². The van der Waals surface area contributed by atoms with Crippen molar-refractivity contribution in [2.24, 2.45) is 0 Å². The van der Waals surface area contributed by atoms with Gasteiger partial charge in [0.25, 0.3) is 0 Å². The van der Waals surface area contributed by atoms with Gasteiger partial charge in [-0.2, -0.15) is 0 Å². The van der Waals surface area contributed by atoms with Gasteiger partial charge in [-0.25, -0.2) is 0 Å². The Kier molecular flexibility index (Phi) is 69.9. The van der Waals surface area contributed by atoms with Gasteiger partial charge in [-0.3, -0.25) is 9.59 Å². The zero-order valence-corrected chi connectivity index (χ0v) is 55.3. The number of hydrogen-bond donors (Lipinski definition) is 3. The molecular weight excluding hydrogens is 995 g/mol. The Morgan fingerprint density at radius 3 is 0.840 bits per heavy atom. The highest BCUT2D eigenvalue weighted by molar-refractivity contribution is 5.76. The van der Waals surface area contributed by atoms with Crippen LogP contribution in [0.15, 0.2) is 12.2 Å². The predicted molar refractivity (Wildman–Crippen MR) is 357 cm³/mol. The van der Waals surface area contributed by atoms with E-state index in [9.17, 15) is 19.8 Å². The second-order valence-corrected chi connectivity index (χ2v) is 26.0. The van der Waals surface area contributed by atoms with Crippen LogP contribution in [0.3, 0.4) is 0 Å². The van der Waals surface area contributed by atoms with Crippen LogP contribution in [0.25, 0.3) is 0 Å². The molecule has 0 heterocycles. The maximum absolute atomic E-state index is 12.5. The van der Waals surface area contributed by atoms with Crippen molar-refractivity contribution in [1.29, 1.82) is 0 Å². The summed E-state index contributed by atoms with van der Waals surface area (Å²) in [5, 5.41) is 23.2. The number of ether oxygens (including phenoxy) is 1. The van der Waals surface area contributed by atoms with Crippen LogP contribution < -0.4 is 5.32 Å². The molecule has 0 aromatic carbocycles. The van der Waals surface area contributed by atoms with Gasteiger partial charge < -0.3 is 20.3 Å². The Bertz CT molecular complexity index is 1220. The van der Waals surface area contributed by atoms with E-state index in [2.05, 4.69) is 19.2 Å². The van der Waals surface area contributed by atoms with E-state index in [1.54, 1.807) is 6.08 Å². The summed E-state index contributed by atoms with van der Waals surface area (Å²) in [6.07, 6.45) is 88.9. The van der Waals surface area contributed by atoms with Crippen molar-refractivity contribution in [1.82, 2.24) is 5.32 Å². The molecule has 0 saturated carbocycles. The molecule has 0 aliphatic carbocycles. The fourth-order valence-corrected chi connectivity index (χ4v) is 12.1. The van der Waals surface area contributed by atoms with E-state index in [4.69, 9.17) is 4.74 Å². The molecular formula is C75H147NO5. The first kappa shape index (κ1) is 79.6. The summed E-state index contributed by atoms with van der Waals surface area (Å²) in [7, 11) is 0. The highest BCUT2D eigenvalue weighted by atomic mass is 16.5. The van der Waals surface area contributed by atoms with Crippen LogP contribution >= 0.6 is 0 Å². The smallest absolute Gasteiger partial charge is 0.305 e. The highest BCUT2D eigenvalue weighted by Gasteiger charge is 2.18. The van der Waals surface area contributed by atoms with Crippen molar-refractivity contribution in [3.63, 3.8) is 0 Å². The largest absolute Gasteiger partial charge is 0.466 e. The molecule has 0 bridgehead atoms. The molecule has 0 fully saturated rings. The lowest BCUT2D eigenvalue weighted by Crippen LogP contribution is -2.45. The first-order valence-electron chi connectivity index (χ1n) is 37.5. The molecule has 0 aromatic heterocycles. The SMILES string of the molecule is CCCCCCCCCCCCCCCCC/C=C/C(O)C(CO)NC(=O)CCCCCCCCCCCCCCCCCCCCCCCCCCCCCCCCOC(=O)CCCCCCCCCCCCCCCCCCC. The molecule has 0 aliphatic rings. The van der Waals surface area contributed by atoms with Crippen LogP contribution in [-0.2, 0) is 14.3 Å². The number of rotatable bonds is 71. The molecule has 1 amide bonds. The third-order valence-electron chi connectivity index (χ3n) is 17.8. The number of unbranched alkanes of at least 4 members (excludes halogenated alkanes) is 60. The van der Waals surface area contributed by atoms with Gasteiger partial charge in [0.05, 0.1) is 25.4 Å². The molecule has 0 saturated heterocycles. The summed E-state index contributed by atoms with van der Waals surface area (Å²) < 4.78 is 5.51. The van der Waals surface area contributed by atoms with Crippen molar-refractivity contribution in [3.8, 4) is 0 Å². The van der Waals surface area contributed by atoms with Gasteiger partial charge in [-0.1, -0.05) is 398 Å². The Morgan fingerprint density at radius 2 is 0.568 bits per heavy atom. The Labute approximate surface area is 508 Å². The lowest BCUT2D eigenvalue weighted by atomic mass is 10.0. The Morgan fingerprint density at radius 1 is 0.333 bits per heavy atom. The van der Waals surface area contributed by atoms with Crippen molar-refractivity contribution in [2.45, 2.75) is 443 Å². The number of aliphatic hydroxyl groups excluding tert-OH is 2. The van der Waals surface area contributed by atoms with Crippen LogP contribution in [0.1, 0.15) is 431 Å². The predicted octanol–water partition coefficient (Wildman–Crippen LogP) is 24.3. The van der Waals surface area contributed by atoms with Gasteiger partial charge >= 0.3 is 5.97 Å². The van der Waals surface area contributed by atoms with E-state index in [0.717, 1.165) is 38.5 Å². The molecule has 0 rings (SSSR count). The summed E-state index contributed by atoms with van der Waals surface area (Å²) in [6, 6.07) is -0.624. The molecule has 3 N–H and O–H groups in total. The van der Waals surface area contributed by atoms with E-state index in [1.807, 2.05) is 6.08 Å². The van der Waals surface area contributed by atoms with Gasteiger partial charge in [0.15, 0.2) is 0 Å². The second kappa shape index (κ2) is 71.1. The third-order valence-corrected chi connectivity index (χ3v) is 17.8. The van der Waals surface area contributed by atoms with Gasteiger partial charge in [-0.15, -0.1) is 0 Å². The second-order valence-electron chi connectivity index (χ2n) is 26.0. The maximum Gasteiger partial charge on any atom is 0.305 e. The van der Waals surface area contributed by atoms with Crippen LogP contribution in [-0.4, -0.2) is 47.4 Å². The minimum atomic E-state index is -0.841. The number of amides is 1. The van der Waals surface area contributed by atoms with Gasteiger partial charge in [0, 0.05) is 12.8 Å². The van der Waals surface area contributed by atoms with E-state index >= 15 is 0 Å².